The van der Waals surface area contributed by atoms with Gasteiger partial charge in [0.2, 0.25) is 0 Å². The molecular formula is C74H98Cl2F2N12O2. The summed E-state index contributed by atoms with van der Waals surface area (Å²) in [4.78, 5) is 55.4. The highest BCUT2D eigenvalue weighted by molar-refractivity contribution is 6.31. The summed E-state index contributed by atoms with van der Waals surface area (Å²) in [6, 6.07) is 28.9. The second-order valence-electron chi connectivity index (χ2n) is 26.5. The minimum absolute atomic E-state index is 0. The Morgan fingerprint density at radius 1 is 0.609 bits per heavy atom. The first-order chi connectivity index (χ1) is 43.6. The number of nitrogens with zero attached hydrogens (tertiary/aromatic N) is 8. The van der Waals surface area contributed by atoms with Crippen molar-refractivity contribution in [1.82, 2.24) is 38.9 Å². The molecule has 494 valence electrons. The maximum atomic E-state index is 15.2. The molecule has 10 rings (SSSR count). The Labute approximate surface area is 553 Å². The first-order valence-electron chi connectivity index (χ1n) is 33.1. The molecule has 0 amide bonds. The Kier molecular flexibility index (Phi) is 25.2. The van der Waals surface area contributed by atoms with E-state index in [1.165, 1.54) is 36.8 Å². The number of nitrogens with one attached hydrogen (secondary N) is 2. The number of benzene rings is 4. The molecule has 18 heteroatoms. The van der Waals surface area contributed by atoms with E-state index in [2.05, 4.69) is 112 Å². The number of halogens is 4. The van der Waals surface area contributed by atoms with Gasteiger partial charge in [-0.3, -0.25) is 28.9 Å². The zero-order chi connectivity index (χ0) is 65.0. The van der Waals surface area contributed by atoms with Gasteiger partial charge in [-0.05, 0) is 205 Å². The lowest BCUT2D eigenvalue weighted by Crippen LogP contribution is -2.44. The van der Waals surface area contributed by atoms with E-state index in [0.29, 0.717) is 98.2 Å². The maximum absolute atomic E-state index is 15.2. The lowest BCUT2D eigenvalue weighted by Gasteiger charge is -2.43. The fourth-order valence-electron chi connectivity index (χ4n) is 13.4. The third kappa shape index (κ3) is 18.0. The van der Waals surface area contributed by atoms with Crippen molar-refractivity contribution in [3.05, 3.63) is 162 Å². The fourth-order valence-corrected chi connectivity index (χ4v) is 13.9. The van der Waals surface area contributed by atoms with E-state index >= 15 is 8.78 Å². The van der Waals surface area contributed by atoms with Crippen molar-refractivity contribution < 1.29 is 8.78 Å². The molecule has 0 unspecified atom stereocenters. The molecule has 6 N–H and O–H groups in total. The van der Waals surface area contributed by atoms with Gasteiger partial charge in [0.05, 0.1) is 44.5 Å². The van der Waals surface area contributed by atoms with Gasteiger partial charge in [0.25, 0.3) is 0 Å². The summed E-state index contributed by atoms with van der Waals surface area (Å²) < 4.78 is 33.5. The monoisotopic (exact) mass is 1290 g/mol. The minimum Gasteiger partial charge on any atom is -0.388 e. The number of aryl methyl sites for hydroxylation is 2. The molecule has 0 spiro atoms. The van der Waals surface area contributed by atoms with E-state index in [4.69, 9.17) is 34.7 Å². The summed E-state index contributed by atoms with van der Waals surface area (Å²) in [7, 11) is 0. The third-order valence-electron chi connectivity index (χ3n) is 17.9. The predicted molar refractivity (Wildman–Crippen MR) is 379 cm³/mol. The number of aliphatic imine (C=N–C) groups is 2. The predicted octanol–water partition coefficient (Wildman–Crippen LogP) is 17.3. The van der Waals surface area contributed by atoms with Crippen LogP contribution < -0.4 is 22.8 Å². The van der Waals surface area contributed by atoms with Crippen molar-refractivity contribution in [2.24, 2.45) is 39.2 Å². The van der Waals surface area contributed by atoms with Crippen molar-refractivity contribution >= 4 is 56.9 Å². The van der Waals surface area contributed by atoms with Gasteiger partial charge in [-0.15, -0.1) is 0 Å². The van der Waals surface area contributed by atoms with Crippen LogP contribution >= 0.6 is 23.2 Å². The Hall–Kier alpha value is -6.98. The van der Waals surface area contributed by atoms with Gasteiger partial charge >= 0.3 is 11.4 Å². The van der Waals surface area contributed by atoms with Crippen LogP contribution in [0.15, 0.2) is 117 Å². The summed E-state index contributed by atoms with van der Waals surface area (Å²) in [6.45, 7) is 22.8. The molecule has 2 aliphatic heterocycles. The second kappa shape index (κ2) is 32.7. The molecule has 0 aliphatic carbocycles. The molecule has 8 aromatic rings. The van der Waals surface area contributed by atoms with Gasteiger partial charge in [-0.25, -0.2) is 18.4 Å². The van der Waals surface area contributed by atoms with Crippen LogP contribution in [0.3, 0.4) is 0 Å². The SMILES string of the molecule is C.CC(N)=NCC[C@@H]1CCC[C@@H](c2ccc(-n3cc4cc(-c5cc(CCCC(C)C)cc(Cl)c5F)[nH]c4nc3=O)cc2)N1CC(C)C.CCCN1[C@H](CCN=C(C)N)CCC[C@H]1c1ccc(-n2cc3cc(-c4cc(CCCC(C)C)cc(Cl)c4F)[nH]c3nc2=O)cc1. The Balaban J connectivity index is 0.000000234. The first-order valence-corrected chi connectivity index (χ1v) is 33.9. The quantitative estimate of drug-likeness (QED) is 0.0340. The molecule has 6 heterocycles. The topological polar surface area (TPSA) is 185 Å². The van der Waals surface area contributed by atoms with E-state index in [1.54, 1.807) is 33.7 Å². The summed E-state index contributed by atoms with van der Waals surface area (Å²) in [5.41, 5.74) is 19.4. The number of aromatic nitrogens is 6. The molecule has 2 fully saturated rings. The van der Waals surface area contributed by atoms with Crippen LogP contribution in [0.2, 0.25) is 10.0 Å². The number of likely N-dealkylation sites (tertiary alicyclic amines) is 2. The van der Waals surface area contributed by atoms with E-state index in [0.717, 1.165) is 119 Å². The molecule has 2 aliphatic rings. The van der Waals surface area contributed by atoms with Gasteiger partial charge < -0.3 is 21.4 Å². The van der Waals surface area contributed by atoms with Crippen LogP contribution in [0.4, 0.5) is 8.78 Å². The lowest BCUT2D eigenvalue weighted by molar-refractivity contribution is 0.0659. The third-order valence-corrected chi connectivity index (χ3v) is 18.4. The number of hydrogen-bond donors (Lipinski definition) is 4. The number of nitrogens with two attached hydrogens (primary N) is 2. The largest absolute Gasteiger partial charge is 0.388 e. The fraction of sp³-hybridized carbons (Fsp3) is 0.486. The highest BCUT2D eigenvalue weighted by atomic mass is 35.5. The highest BCUT2D eigenvalue weighted by Crippen LogP contribution is 2.39. The first kappa shape index (κ1) is 70.9. The second-order valence-corrected chi connectivity index (χ2v) is 27.4. The smallest absolute Gasteiger partial charge is 0.354 e. The van der Waals surface area contributed by atoms with E-state index in [1.807, 2.05) is 62.4 Å². The summed E-state index contributed by atoms with van der Waals surface area (Å²) in [6.07, 6.45) is 19.3. The number of aromatic amines is 2. The van der Waals surface area contributed by atoms with E-state index < -0.39 is 23.0 Å². The molecular weight excluding hydrogens is 1200 g/mol. The molecule has 4 atom stereocenters. The highest BCUT2D eigenvalue weighted by Gasteiger charge is 2.33. The minimum atomic E-state index is -0.481. The van der Waals surface area contributed by atoms with Crippen LogP contribution in [0.1, 0.15) is 188 Å². The van der Waals surface area contributed by atoms with Crippen molar-refractivity contribution in [2.75, 3.05) is 26.2 Å². The number of fused-ring (bicyclic) bond motifs is 2. The van der Waals surface area contributed by atoms with Crippen molar-refractivity contribution in [2.45, 2.75) is 190 Å². The molecule has 14 nitrogen and oxygen atoms in total. The zero-order valence-corrected chi connectivity index (χ0v) is 56.3. The van der Waals surface area contributed by atoms with Crippen LogP contribution in [-0.2, 0) is 12.8 Å². The van der Waals surface area contributed by atoms with Crippen molar-refractivity contribution in [1.29, 1.82) is 0 Å². The summed E-state index contributed by atoms with van der Waals surface area (Å²) >= 11 is 12.6. The molecule has 4 aromatic heterocycles. The lowest BCUT2D eigenvalue weighted by atomic mass is 9.88. The molecule has 4 aromatic carbocycles. The van der Waals surface area contributed by atoms with Gasteiger partial charge in [-0.2, -0.15) is 9.97 Å². The van der Waals surface area contributed by atoms with Crippen LogP contribution in [0.25, 0.3) is 56.0 Å². The molecule has 2 saturated heterocycles. The van der Waals surface area contributed by atoms with E-state index in [-0.39, 0.29) is 17.5 Å². The number of piperidine rings is 2. The number of amidine groups is 2. The van der Waals surface area contributed by atoms with Crippen LogP contribution in [0, 0.1) is 29.4 Å². The normalized spacial score (nSPS) is 17.7. The maximum Gasteiger partial charge on any atom is 0.354 e. The van der Waals surface area contributed by atoms with Crippen molar-refractivity contribution in [3.8, 4) is 33.9 Å². The number of H-pyrrole nitrogens is 2. The van der Waals surface area contributed by atoms with Gasteiger partial charge in [-0.1, -0.05) is 116 Å². The molecule has 92 heavy (non-hydrogen) atoms. The van der Waals surface area contributed by atoms with Gasteiger partial charge in [0.1, 0.15) is 11.3 Å². The summed E-state index contributed by atoms with van der Waals surface area (Å²) in [5.74, 6) is 2.07. The number of hydrogen-bond acceptors (Lipinski definition) is 8. The Morgan fingerprint density at radius 3 is 1.41 bits per heavy atom. The molecule has 0 radical (unpaired) electrons. The van der Waals surface area contributed by atoms with Crippen molar-refractivity contribution in [3.63, 3.8) is 0 Å². The van der Waals surface area contributed by atoms with Crippen LogP contribution in [-0.4, -0.2) is 88.8 Å². The van der Waals surface area contributed by atoms with E-state index in [9.17, 15) is 9.59 Å². The molecule has 0 bridgehead atoms. The summed E-state index contributed by atoms with van der Waals surface area (Å²) in [5, 5.41) is 1.63. The zero-order valence-electron chi connectivity index (χ0n) is 54.8. The van der Waals surface area contributed by atoms with Gasteiger partial charge in [0.15, 0.2) is 11.6 Å². The number of rotatable bonds is 24. The average Bonchev–Trinajstić information content (AvgIpc) is 1.58. The van der Waals surface area contributed by atoms with Crippen LogP contribution in [0.5, 0.6) is 0 Å². The average molecular weight is 1300 g/mol. The standard InChI is InChI=1S/C37H48ClFN6O.C36H46ClFN6O.CH4/c1-23(2)8-6-9-26-18-31(35(39)32(38)19-26)33-20-28-22-45(37(46)43-36(28)42-33)30-14-12-27(13-15-30)34-11-7-10-29(16-17-41-25(5)40)44(34)21-24(3)4;1-5-18-43-28(16-17-40-24(4)39)10-7-11-33(43)26-12-14-29(15-13-26)44-22-27-21-32(41-35(27)42-36(44)45)30-19-25(9-6-8-23(2)3)20-31(37)34(30)38;/h12-15,18-20,22-24,29,34H,6-11,16-17,21H2,1-5H3,(H2,40,41)(H,42,43,46);12-15,19-23,28,33H,5-11,16-18H2,1-4H3,(H2,39,40)(H,41,42,45);1H4/t29-,34-;28-,33-;/m00./s1. The van der Waals surface area contributed by atoms with Gasteiger partial charge in [0, 0.05) is 78.1 Å². The molecule has 0 saturated carbocycles. The Morgan fingerprint density at radius 2 is 1.02 bits per heavy atom. The Bertz CT molecular complexity index is 3920.